The first kappa shape index (κ1) is 16.6. The number of hydrogen-bond acceptors (Lipinski definition) is 4. The zero-order valence-corrected chi connectivity index (χ0v) is 14.0. The Labute approximate surface area is 130 Å². The summed E-state index contributed by atoms with van der Waals surface area (Å²) in [7, 11) is 1.71. The van der Waals surface area contributed by atoms with Gasteiger partial charge in [-0.1, -0.05) is 12.8 Å². The van der Waals surface area contributed by atoms with Gasteiger partial charge in [-0.25, -0.2) is 0 Å². The van der Waals surface area contributed by atoms with Crippen LogP contribution in [0.25, 0.3) is 0 Å². The fourth-order valence-corrected chi connectivity index (χ4v) is 4.08. The minimum atomic E-state index is -0.445. The zero-order valence-electron chi connectivity index (χ0n) is 13.2. The Morgan fingerprint density at radius 2 is 2.10 bits per heavy atom. The summed E-state index contributed by atoms with van der Waals surface area (Å²) in [5.41, 5.74) is 0.0789. The monoisotopic (exact) mass is 314 g/mol. The first-order valence-electron chi connectivity index (χ1n) is 7.60. The molecule has 0 unspecified atom stereocenters. The average Bonchev–Trinajstić information content (AvgIpc) is 2.89. The van der Waals surface area contributed by atoms with Crippen molar-refractivity contribution in [2.75, 3.05) is 26.0 Å². The number of thioether (sulfide) groups is 1. The number of methoxy groups -OCH3 is 1. The highest BCUT2D eigenvalue weighted by Gasteiger charge is 2.39. The third kappa shape index (κ3) is 3.92. The molecule has 0 radical (unpaired) electrons. The van der Waals surface area contributed by atoms with Gasteiger partial charge in [-0.15, -0.1) is 11.8 Å². The third-order valence-corrected chi connectivity index (χ3v) is 5.94. The van der Waals surface area contributed by atoms with Crippen LogP contribution in [0.15, 0.2) is 0 Å². The predicted octanol–water partition coefficient (Wildman–Crippen LogP) is 1.32. The molecular formula is C15H26N2O3S. The smallest absolute Gasteiger partial charge is 0.243 e. The fourth-order valence-electron chi connectivity index (χ4n) is 3.07. The molecule has 0 spiro atoms. The lowest BCUT2D eigenvalue weighted by Gasteiger charge is -2.34. The Morgan fingerprint density at radius 3 is 2.67 bits per heavy atom. The van der Waals surface area contributed by atoms with Gasteiger partial charge in [0.15, 0.2) is 0 Å². The quantitative estimate of drug-likeness (QED) is 0.803. The second-order valence-electron chi connectivity index (χ2n) is 6.71. The Hall–Kier alpha value is -0.750. The van der Waals surface area contributed by atoms with Crippen molar-refractivity contribution in [2.45, 2.75) is 50.3 Å². The standard InChI is InChI=1S/C15H26N2O3S/c1-14(2)13(19)17-11(8-21-14)12(18)16-9-15(10-20-3)6-4-5-7-15/h11H,4-10H2,1-3H3,(H,16,18)(H,17,19)/t11-/m0/s1. The average molecular weight is 314 g/mol. The highest BCUT2D eigenvalue weighted by atomic mass is 32.2. The fraction of sp³-hybridized carbons (Fsp3) is 0.867. The molecule has 2 amide bonds. The van der Waals surface area contributed by atoms with Crippen LogP contribution in [0.1, 0.15) is 39.5 Å². The van der Waals surface area contributed by atoms with Gasteiger partial charge in [-0.3, -0.25) is 9.59 Å². The van der Waals surface area contributed by atoms with Crippen molar-refractivity contribution >= 4 is 23.6 Å². The van der Waals surface area contributed by atoms with Crippen LogP contribution < -0.4 is 10.6 Å². The van der Waals surface area contributed by atoms with Gasteiger partial charge in [0, 0.05) is 24.8 Å². The van der Waals surface area contributed by atoms with Gasteiger partial charge in [0.25, 0.3) is 0 Å². The number of ether oxygens (including phenoxy) is 1. The van der Waals surface area contributed by atoms with Gasteiger partial charge in [-0.2, -0.15) is 0 Å². The van der Waals surface area contributed by atoms with E-state index in [9.17, 15) is 9.59 Å². The van der Waals surface area contributed by atoms with E-state index in [4.69, 9.17) is 4.74 Å². The summed E-state index contributed by atoms with van der Waals surface area (Å²) in [6, 6.07) is -0.420. The first-order valence-corrected chi connectivity index (χ1v) is 8.59. The van der Waals surface area contributed by atoms with Crippen LogP contribution in [0.4, 0.5) is 0 Å². The molecule has 1 heterocycles. The van der Waals surface area contributed by atoms with Gasteiger partial charge in [0.1, 0.15) is 6.04 Å². The summed E-state index contributed by atoms with van der Waals surface area (Å²) < 4.78 is 4.88. The molecule has 1 atom stereocenters. The number of amides is 2. The predicted molar refractivity (Wildman–Crippen MR) is 84.3 cm³/mol. The van der Waals surface area contributed by atoms with Crippen LogP contribution in [0, 0.1) is 5.41 Å². The van der Waals surface area contributed by atoms with E-state index < -0.39 is 10.8 Å². The van der Waals surface area contributed by atoms with E-state index in [-0.39, 0.29) is 17.2 Å². The largest absolute Gasteiger partial charge is 0.384 e. The van der Waals surface area contributed by atoms with Crippen molar-refractivity contribution < 1.29 is 14.3 Å². The van der Waals surface area contributed by atoms with E-state index in [0.717, 1.165) is 12.8 Å². The van der Waals surface area contributed by atoms with Crippen molar-refractivity contribution in [3.05, 3.63) is 0 Å². The summed E-state index contributed by atoms with van der Waals surface area (Å²) in [4.78, 5) is 24.2. The van der Waals surface area contributed by atoms with Crippen molar-refractivity contribution in [2.24, 2.45) is 5.41 Å². The molecular weight excluding hydrogens is 288 g/mol. The molecule has 21 heavy (non-hydrogen) atoms. The highest BCUT2D eigenvalue weighted by Crippen LogP contribution is 2.37. The molecule has 0 aromatic rings. The SMILES string of the molecule is COCC1(CNC(=O)[C@@H]2CSC(C)(C)C(=O)N2)CCCC1. The summed E-state index contributed by atoms with van der Waals surface area (Å²) in [5, 5.41) is 5.84. The molecule has 2 N–H and O–H groups in total. The van der Waals surface area contributed by atoms with Crippen LogP contribution in [-0.2, 0) is 14.3 Å². The number of carbonyl (C=O) groups is 2. The number of hydrogen-bond donors (Lipinski definition) is 2. The molecule has 0 aromatic heterocycles. The Balaban J connectivity index is 1.86. The second kappa shape index (κ2) is 6.57. The molecule has 2 aliphatic rings. The van der Waals surface area contributed by atoms with E-state index in [1.165, 1.54) is 24.6 Å². The normalized spacial score (nSPS) is 27.2. The van der Waals surface area contributed by atoms with Crippen LogP contribution in [0.3, 0.4) is 0 Å². The topological polar surface area (TPSA) is 67.4 Å². The van der Waals surface area contributed by atoms with Crippen molar-refractivity contribution in [3.8, 4) is 0 Å². The zero-order chi connectivity index (χ0) is 15.5. The van der Waals surface area contributed by atoms with E-state index in [1.807, 2.05) is 13.8 Å². The maximum atomic E-state index is 12.3. The van der Waals surface area contributed by atoms with Gasteiger partial charge in [0.2, 0.25) is 11.8 Å². The maximum Gasteiger partial charge on any atom is 0.243 e. The number of nitrogens with one attached hydrogen (secondary N) is 2. The minimum Gasteiger partial charge on any atom is -0.384 e. The molecule has 0 bridgehead atoms. The number of rotatable bonds is 5. The summed E-state index contributed by atoms with van der Waals surface area (Å²) in [6.45, 7) is 5.09. The van der Waals surface area contributed by atoms with E-state index in [0.29, 0.717) is 18.9 Å². The molecule has 2 fully saturated rings. The van der Waals surface area contributed by atoms with Gasteiger partial charge < -0.3 is 15.4 Å². The van der Waals surface area contributed by atoms with Crippen LogP contribution in [0.5, 0.6) is 0 Å². The molecule has 6 heteroatoms. The molecule has 5 nitrogen and oxygen atoms in total. The summed E-state index contributed by atoms with van der Waals surface area (Å²) >= 11 is 1.53. The highest BCUT2D eigenvalue weighted by molar-refractivity contribution is 8.01. The van der Waals surface area contributed by atoms with Gasteiger partial charge in [-0.05, 0) is 26.7 Å². The second-order valence-corrected chi connectivity index (χ2v) is 8.35. The Bertz CT molecular complexity index is 406. The van der Waals surface area contributed by atoms with Crippen LogP contribution in [0.2, 0.25) is 0 Å². The lowest BCUT2D eigenvalue weighted by Crippen LogP contribution is -2.58. The molecule has 0 aromatic carbocycles. The summed E-state index contributed by atoms with van der Waals surface area (Å²) in [6.07, 6.45) is 4.59. The molecule has 1 aliphatic heterocycles. The van der Waals surface area contributed by atoms with Crippen LogP contribution >= 0.6 is 11.8 Å². The van der Waals surface area contributed by atoms with Crippen LogP contribution in [-0.4, -0.2) is 48.6 Å². The van der Waals surface area contributed by atoms with E-state index in [1.54, 1.807) is 7.11 Å². The third-order valence-electron chi connectivity index (χ3n) is 4.53. The van der Waals surface area contributed by atoms with Crippen molar-refractivity contribution in [3.63, 3.8) is 0 Å². The van der Waals surface area contributed by atoms with E-state index >= 15 is 0 Å². The molecule has 120 valence electrons. The lowest BCUT2D eigenvalue weighted by molar-refractivity contribution is -0.130. The summed E-state index contributed by atoms with van der Waals surface area (Å²) in [5.74, 6) is 0.488. The van der Waals surface area contributed by atoms with Crippen molar-refractivity contribution in [1.29, 1.82) is 0 Å². The Morgan fingerprint density at radius 1 is 1.43 bits per heavy atom. The molecule has 2 rings (SSSR count). The van der Waals surface area contributed by atoms with Gasteiger partial charge in [0.05, 0.1) is 11.4 Å². The van der Waals surface area contributed by atoms with Gasteiger partial charge >= 0.3 is 0 Å². The number of carbonyl (C=O) groups excluding carboxylic acids is 2. The molecule has 1 aliphatic carbocycles. The first-order chi connectivity index (χ1) is 9.88. The maximum absolute atomic E-state index is 12.3. The van der Waals surface area contributed by atoms with E-state index in [2.05, 4.69) is 10.6 Å². The molecule has 1 saturated carbocycles. The van der Waals surface area contributed by atoms with Crippen molar-refractivity contribution in [1.82, 2.24) is 10.6 Å². The minimum absolute atomic E-state index is 0.0635. The Kier molecular flexibility index (Phi) is 5.20. The molecule has 1 saturated heterocycles. The lowest BCUT2D eigenvalue weighted by atomic mass is 9.87.